The average Bonchev–Trinajstić information content (AvgIpc) is 2.82. The number of hydrogen-bond acceptors (Lipinski definition) is 2. The molecule has 1 aliphatic heterocycles. The minimum atomic E-state index is -0.155. The Morgan fingerprint density at radius 3 is 1.80 bits per heavy atom. The van der Waals surface area contributed by atoms with Crippen LogP contribution in [0, 0.1) is 28.6 Å². The number of likely N-dealkylation sites (tertiary alicyclic amines) is 1. The Morgan fingerprint density at radius 1 is 1.05 bits per heavy atom. The molecule has 1 saturated heterocycles. The van der Waals surface area contributed by atoms with Crippen LogP contribution in [0.15, 0.2) is 11.1 Å². The SMILES string of the molecule is CC1=C(C)[C@]2(C)C3C(=O)N(CCBr)C(=O)C3[C@@]1(C)C2C. The van der Waals surface area contributed by atoms with Gasteiger partial charge in [0.1, 0.15) is 0 Å². The third-order valence-corrected chi connectivity index (χ3v) is 7.33. The molecule has 0 aromatic rings. The molecule has 0 N–H and O–H groups in total. The van der Waals surface area contributed by atoms with Crippen LogP contribution in [0.5, 0.6) is 0 Å². The standard InChI is InChI=1S/C16H22BrNO2/c1-8-9(2)16(5)10(3)15(8,4)11-12(16)14(20)18(7-6-17)13(11)19/h10-12H,6-7H2,1-5H3/t10?,11?,12?,15-,16+. The quantitative estimate of drug-likeness (QED) is 0.440. The number of hydrogen-bond donors (Lipinski definition) is 0. The van der Waals surface area contributed by atoms with E-state index in [2.05, 4.69) is 50.5 Å². The Balaban J connectivity index is 2.17. The summed E-state index contributed by atoms with van der Waals surface area (Å²) < 4.78 is 0. The van der Waals surface area contributed by atoms with Gasteiger partial charge in [0, 0.05) is 22.7 Å². The lowest BCUT2D eigenvalue weighted by Crippen LogP contribution is -2.39. The van der Waals surface area contributed by atoms with Crippen LogP contribution in [0.25, 0.3) is 0 Å². The first-order valence-corrected chi connectivity index (χ1v) is 8.45. The minimum Gasteiger partial charge on any atom is -0.281 e. The van der Waals surface area contributed by atoms with Crippen LogP contribution in [0.2, 0.25) is 0 Å². The highest BCUT2D eigenvalue weighted by Crippen LogP contribution is 2.73. The van der Waals surface area contributed by atoms with Gasteiger partial charge in [0.05, 0.1) is 11.8 Å². The van der Waals surface area contributed by atoms with Crippen LogP contribution < -0.4 is 0 Å². The van der Waals surface area contributed by atoms with Gasteiger partial charge in [-0.05, 0) is 19.8 Å². The van der Waals surface area contributed by atoms with Crippen LogP contribution in [0.3, 0.4) is 0 Å². The molecular weight excluding hydrogens is 318 g/mol. The number of amides is 2. The van der Waals surface area contributed by atoms with E-state index < -0.39 is 0 Å². The summed E-state index contributed by atoms with van der Waals surface area (Å²) in [5.41, 5.74) is 2.35. The number of allylic oxidation sites excluding steroid dienone is 2. The van der Waals surface area contributed by atoms with Crippen molar-refractivity contribution in [2.24, 2.45) is 28.6 Å². The normalized spacial score (nSPS) is 46.7. The number of rotatable bonds is 2. The highest BCUT2D eigenvalue weighted by atomic mass is 79.9. The number of carbonyl (C=O) groups excluding carboxylic acids is 2. The number of imide groups is 1. The van der Waals surface area contributed by atoms with Crippen molar-refractivity contribution in [3.8, 4) is 0 Å². The smallest absolute Gasteiger partial charge is 0.234 e. The van der Waals surface area contributed by atoms with Gasteiger partial charge in [0.2, 0.25) is 11.8 Å². The molecule has 0 aromatic heterocycles. The van der Waals surface area contributed by atoms with Crippen LogP contribution in [-0.2, 0) is 9.59 Å². The van der Waals surface area contributed by atoms with E-state index in [1.165, 1.54) is 16.0 Å². The zero-order valence-corrected chi connectivity index (χ0v) is 14.4. The van der Waals surface area contributed by atoms with Gasteiger partial charge in [-0.2, -0.15) is 0 Å². The highest BCUT2D eigenvalue weighted by molar-refractivity contribution is 9.09. The van der Waals surface area contributed by atoms with Gasteiger partial charge in [-0.1, -0.05) is 47.8 Å². The molecular formula is C16H22BrNO2. The summed E-state index contributed by atoms with van der Waals surface area (Å²) in [6.45, 7) is 11.4. The van der Waals surface area contributed by atoms with E-state index in [-0.39, 0.29) is 34.5 Å². The van der Waals surface area contributed by atoms with Crippen molar-refractivity contribution in [1.82, 2.24) is 4.90 Å². The Kier molecular flexibility index (Phi) is 2.84. The lowest BCUT2D eigenvalue weighted by molar-refractivity contribution is -0.141. The summed E-state index contributed by atoms with van der Waals surface area (Å²) in [7, 11) is 0. The molecule has 5 atom stereocenters. The third-order valence-electron chi connectivity index (χ3n) is 6.98. The summed E-state index contributed by atoms with van der Waals surface area (Å²) in [5, 5.41) is 0.651. The monoisotopic (exact) mass is 339 g/mol. The summed E-state index contributed by atoms with van der Waals surface area (Å²) in [6.07, 6.45) is 0. The van der Waals surface area contributed by atoms with Crippen molar-refractivity contribution >= 4 is 27.7 Å². The largest absolute Gasteiger partial charge is 0.281 e. The Labute approximate surface area is 128 Å². The lowest BCUT2D eigenvalue weighted by Gasteiger charge is -2.34. The lowest BCUT2D eigenvalue weighted by atomic mass is 9.66. The fourth-order valence-corrected chi connectivity index (χ4v) is 5.68. The van der Waals surface area contributed by atoms with Gasteiger partial charge in [-0.3, -0.25) is 14.5 Å². The van der Waals surface area contributed by atoms with Gasteiger partial charge in [-0.25, -0.2) is 0 Å². The maximum atomic E-state index is 12.8. The van der Waals surface area contributed by atoms with Crippen LogP contribution >= 0.6 is 15.9 Å². The summed E-state index contributed by atoms with van der Waals surface area (Å²) >= 11 is 3.35. The van der Waals surface area contributed by atoms with E-state index in [9.17, 15) is 9.59 Å². The van der Waals surface area contributed by atoms with E-state index in [4.69, 9.17) is 0 Å². The molecule has 2 aliphatic carbocycles. The van der Waals surface area contributed by atoms with Gasteiger partial charge >= 0.3 is 0 Å². The Morgan fingerprint density at radius 2 is 1.45 bits per heavy atom. The molecule has 3 unspecified atom stereocenters. The van der Waals surface area contributed by atoms with E-state index in [1.807, 2.05) is 0 Å². The molecule has 0 radical (unpaired) electrons. The first-order chi connectivity index (χ1) is 9.23. The molecule has 3 nitrogen and oxygen atoms in total. The molecule has 1 saturated carbocycles. The molecule has 3 aliphatic rings. The first-order valence-electron chi connectivity index (χ1n) is 7.33. The average molecular weight is 340 g/mol. The zero-order valence-electron chi connectivity index (χ0n) is 12.8. The molecule has 2 bridgehead atoms. The van der Waals surface area contributed by atoms with E-state index >= 15 is 0 Å². The number of alkyl halides is 1. The summed E-state index contributed by atoms with van der Waals surface area (Å²) in [5.74, 6) is 0.133. The van der Waals surface area contributed by atoms with Gasteiger partial charge in [-0.15, -0.1) is 0 Å². The molecule has 0 aromatic carbocycles. The number of halogens is 1. The molecule has 110 valence electrons. The molecule has 2 fully saturated rings. The Hall–Kier alpha value is -0.640. The molecule has 1 heterocycles. The second kappa shape index (κ2) is 3.96. The van der Waals surface area contributed by atoms with Crippen LogP contribution in [0.4, 0.5) is 0 Å². The maximum absolute atomic E-state index is 12.8. The van der Waals surface area contributed by atoms with E-state index in [0.29, 0.717) is 17.8 Å². The highest BCUT2D eigenvalue weighted by Gasteiger charge is 2.75. The number of carbonyl (C=O) groups is 2. The van der Waals surface area contributed by atoms with Gasteiger partial charge in [0.15, 0.2) is 0 Å². The second-order valence-corrected chi connectivity index (χ2v) is 7.80. The van der Waals surface area contributed by atoms with Crippen molar-refractivity contribution in [3.05, 3.63) is 11.1 Å². The molecule has 2 amide bonds. The van der Waals surface area contributed by atoms with Crippen molar-refractivity contribution in [1.29, 1.82) is 0 Å². The third kappa shape index (κ3) is 1.19. The summed E-state index contributed by atoms with van der Waals surface area (Å²) in [4.78, 5) is 27.1. The topological polar surface area (TPSA) is 37.4 Å². The van der Waals surface area contributed by atoms with Crippen LogP contribution in [-0.4, -0.2) is 28.6 Å². The predicted octanol–water partition coefficient (Wildman–Crippen LogP) is 2.99. The molecule has 20 heavy (non-hydrogen) atoms. The van der Waals surface area contributed by atoms with E-state index in [1.54, 1.807) is 0 Å². The minimum absolute atomic E-state index is 0.0457. The van der Waals surface area contributed by atoms with Crippen molar-refractivity contribution in [3.63, 3.8) is 0 Å². The predicted molar refractivity (Wildman–Crippen MR) is 81.2 cm³/mol. The van der Waals surface area contributed by atoms with Crippen molar-refractivity contribution < 1.29 is 9.59 Å². The fraction of sp³-hybridized carbons (Fsp3) is 0.750. The van der Waals surface area contributed by atoms with Crippen molar-refractivity contribution in [2.75, 3.05) is 11.9 Å². The van der Waals surface area contributed by atoms with Crippen molar-refractivity contribution in [2.45, 2.75) is 34.6 Å². The molecule has 0 spiro atoms. The van der Waals surface area contributed by atoms with Crippen LogP contribution in [0.1, 0.15) is 34.6 Å². The maximum Gasteiger partial charge on any atom is 0.234 e. The summed E-state index contributed by atoms with van der Waals surface area (Å²) in [6, 6.07) is 0. The van der Waals surface area contributed by atoms with Gasteiger partial charge < -0.3 is 0 Å². The molecule has 4 heteroatoms. The molecule has 3 rings (SSSR count). The zero-order chi connectivity index (χ0) is 15.0. The van der Waals surface area contributed by atoms with E-state index in [0.717, 1.165) is 0 Å². The fourth-order valence-electron chi connectivity index (χ4n) is 5.33. The Bertz CT molecular complexity index is 511. The second-order valence-electron chi connectivity index (χ2n) is 7.01. The number of nitrogens with zero attached hydrogens (tertiary/aromatic N) is 1. The number of fused-ring (bicyclic) bond motifs is 5. The van der Waals surface area contributed by atoms with Gasteiger partial charge in [0.25, 0.3) is 0 Å². The first kappa shape index (κ1) is 14.3.